The van der Waals surface area contributed by atoms with Crippen LogP contribution in [0.2, 0.25) is 0 Å². The monoisotopic (exact) mass is 407 g/mol. The number of hydrogen-bond donors (Lipinski definition) is 2. The third-order valence-corrected chi connectivity index (χ3v) is 7.36. The molecule has 2 aromatic heterocycles. The third kappa shape index (κ3) is 5.13. The van der Waals surface area contributed by atoms with E-state index < -0.39 is 0 Å². The van der Waals surface area contributed by atoms with Crippen molar-refractivity contribution in [3.8, 4) is 0 Å². The zero-order valence-corrected chi connectivity index (χ0v) is 17.9. The summed E-state index contributed by atoms with van der Waals surface area (Å²) in [6, 6.07) is 0. The van der Waals surface area contributed by atoms with Gasteiger partial charge in [0, 0.05) is 11.4 Å². The van der Waals surface area contributed by atoms with Crippen molar-refractivity contribution in [2.75, 3.05) is 12.3 Å². The number of rotatable bonds is 10. The van der Waals surface area contributed by atoms with E-state index in [2.05, 4.69) is 29.1 Å². The Morgan fingerprint density at radius 1 is 1.37 bits per heavy atom. The highest BCUT2D eigenvalue weighted by molar-refractivity contribution is 7.99. The van der Waals surface area contributed by atoms with Crippen molar-refractivity contribution < 1.29 is 4.79 Å². The zero-order valence-electron chi connectivity index (χ0n) is 16.2. The molecule has 1 aliphatic carbocycles. The third-order valence-electron chi connectivity index (χ3n) is 5.23. The molecule has 5 nitrogen and oxygen atoms in total. The fraction of sp³-hybridized carbons (Fsp3) is 0.650. The van der Waals surface area contributed by atoms with Gasteiger partial charge in [0.15, 0.2) is 0 Å². The van der Waals surface area contributed by atoms with Gasteiger partial charge in [-0.25, -0.2) is 4.98 Å². The number of unbranched alkanes of at least 4 members (excludes halogenated alkanes) is 1. The van der Waals surface area contributed by atoms with Crippen LogP contribution in [0.1, 0.15) is 62.2 Å². The number of nitrogens with one attached hydrogen (secondary N) is 2. The summed E-state index contributed by atoms with van der Waals surface area (Å²) < 4.78 is 0. The van der Waals surface area contributed by atoms with Crippen LogP contribution in [0.15, 0.2) is 4.79 Å². The summed E-state index contributed by atoms with van der Waals surface area (Å²) in [6.07, 6.45) is 7.89. The van der Waals surface area contributed by atoms with Crippen LogP contribution in [-0.4, -0.2) is 28.2 Å². The van der Waals surface area contributed by atoms with E-state index in [1.807, 2.05) is 0 Å². The second-order valence-corrected chi connectivity index (χ2v) is 9.33. The van der Waals surface area contributed by atoms with E-state index in [0.29, 0.717) is 23.2 Å². The SMILES string of the molecule is CCCCC(CC)CNC(=O)CSCc1nc2sc3c(c2c(=O)[nH]1)CCC3. The summed E-state index contributed by atoms with van der Waals surface area (Å²) in [5, 5.41) is 3.83. The maximum absolute atomic E-state index is 12.4. The van der Waals surface area contributed by atoms with Crippen LogP contribution in [0, 0.1) is 5.92 Å². The molecule has 2 aromatic rings. The molecule has 27 heavy (non-hydrogen) atoms. The highest BCUT2D eigenvalue weighted by Crippen LogP contribution is 2.34. The quantitative estimate of drug-likeness (QED) is 0.623. The first-order valence-electron chi connectivity index (χ1n) is 10.00. The van der Waals surface area contributed by atoms with Gasteiger partial charge < -0.3 is 10.3 Å². The number of aryl methyl sites for hydroxylation is 2. The van der Waals surface area contributed by atoms with Crippen LogP contribution >= 0.6 is 23.1 Å². The molecule has 148 valence electrons. The maximum Gasteiger partial charge on any atom is 0.259 e. The second-order valence-electron chi connectivity index (χ2n) is 7.26. The number of thiophene rings is 1. The summed E-state index contributed by atoms with van der Waals surface area (Å²) in [5.41, 5.74) is 1.18. The van der Waals surface area contributed by atoms with Crippen molar-refractivity contribution in [1.82, 2.24) is 15.3 Å². The summed E-state index contributed by atoms with van der Waals surface area (Å²) in [4.78, 5) is 34.2. The van der Waals surface area contributed by atoms with Gasteiger partial charge in [-0.15, -0.1) is 23.1 Å². The van der Waals surface area contributed by atoms with E-state index in [0.717, 1.165) is 42.4 Å². The molecule has 0 spiro atoms. The second kappa shape index (κ2) is 9.73. The molecule has 1 unspecified atom stereocenters. The summed E-state index contributed by atoms with van der Waals surface area (Å²) >= 11 is 3.15. The predicted molar refractivity (Wildman–Crippen MR) is 115 cm³/mol. The Hall–Kier alpha value is -1.34. The molecular weight excluding hydrogens is 378 g/mol. The number of thioether (sulfide) groups is 1. The molecular formula is C20H29N3O2S2. The molecule has 3 rings (SSSR count). The van der Waals surface area contributed by atoms with Crippen molar-refractivity contribution >= 4 is 39.2 Å². The van der Waals surface area contributed by atoms with Crippen LogP contribution in [-0.2, 0) is 23.4 Å². The first kappa shape index (κ1) is 20.4. The number of aromatic amines is 1. The topological polar surface area (TPSA) is 74.8 Å². The Morgan fingerprint density at radius 3 is 3.00 bits per heavy atom. The normalized spacial score (nSPS) is 14.4. The molecule has 2 heterocycles. The number of hydrogen-bond acceptors (Lipinski definition) is 5. The smallest absolute Gasteiger partial charge is 0.259 e. The Balaban J connectivity index is 1.49. The number of nitrogens with zero attached hydrogens (tertiary/aromatic N) is 1. The molecule has 0 saturated carbocycles. The molecule has 1 amide bonds. The van der Waals surface area contributed by atoms with Gasteiger partial charge in [-0.3, -0.25) is 9.59 Å². The van der Waals surface area contributed by atoms with Gasteiger partial charge in [0.05, 0.1) is 16.9 Å². The highest BCUT2D eigenvalue weighted by atomic mass is 32.2. The Bertz CT molecular complexity index is 844. The van der Waals surface area contributed by atoms with Crippen LogP contribution in [0.4, 0.5) is 0 Å². The largest absolute Gasteiger partial charge is 0.355 e. The van der Waals surface area contributed by atoms with Crippen molar-refractivity contribution in [3.63, 3.8) is 0 Å². The zero-order chi connectivity index (χ0) is 19.2. The number of aromatic nitrogens is 2. The lowest BCUT2D eigenvalue weighted by Crippen LogP contribution is -2.30. The molecule has 0 fully saturated rings. The van der Waals surface area contributed by atoms with Crippen molar-refractivity contribution in [2.45, 2.75) is 64.5 Å². The lowest BCUT2D eigenvalue weighted by atomic mass is 9.99. The van der Waals surface area contributed by atoms with Crippen LogP contribution < -0.4 is 10.9 Å². The summed E-state index contributed by atoms with van der Waals surface area (Å²) in [6.45, 7) is 5.14. The van der Waals surface area contributed by atoms with Gasteiger partial charge in [0.2, 0.25) is 5.91 Å². The fourth-order valence-electron chi connectivity index (χ4n) is 3.61. The summed E-state index contributed by atoms with van der Waals surface area (Å²) in [7, 11) is 0. The van der Waals surface area contributed by atoms with E-state index >= 15 is 0 Å². The molecule has 0 aliphatic heterocycles. The first-order chi connectivity index (χ1) is 13.1. The number of fused-ring (bicyclic) bond motifs is 3. The minimum Gasteiger partial charge on any atom is -0.355 e. The molecule has 0 radical (unpaired) electrons. The molecule has 0 saturated heterocycles. The summed E-state index contributed by atoms with van der Waals surface area (Å²) in [5.74, 6) is 2.24. The predicted octanol–water partition coefficient (Wildman–Crippen LogP) is 4.04. The molecule has 7 heteroatoms. The maximum atomic E-state index is 12.4. The highest BCUT2D eigenvalue weighted by Gasteiger charge is 2.21. The standard InChI is InChI=1S/C20H29N3O2S2/c1-3-5-7-13(4-2)10-21-17(24)12-26-11-16-22-19(25)18-14-8-6-9-15(14)27-20(18)23-16/h13H,3-12H2,1-2H3,(H,21,24)(H,22,23,25). The Morgan fingerprint density at radius 2 is 2.22 bits per heavy atom. The molecule has 2 N–H and O–H groups in total. The lowest BCUT2D eigenvalue weighted by Gasteiger charge is -2.15. The van der Waals surface area contributed by atoms with Crippen molar-refractivity contribution in [3.05, 3.63) is 26.6 Å². The van der Waals surface area contributed by atoms with Gasteiger partial charge in [0.25, 0.3) is 5.56 Å². The van der Waals surface area contributed by atoms with Gasteiger partial charge in [-0.2, -0.15) is 0 Å². The molecule has 0 aromatic carbocycles. The first-order valence-corrected chi connectivity index (χ1v) is 12.0. The average Bonchev–Trinajstić information content (AvgIpc) is 3.22. The number of carbonyl (C=O) groups excluding carboxylic acids is 1. The van der Waals surface area contributed by atoms with Gasteiger partial charge in [-0.05, 0) is 37.2 Å². The lowest BCUT2D eigenvalue weighted by molar-refractivity contribution is -0.118. The van der Waals surface area contributed by atoms with E-state index in [1.165, 1.54) is 41.5 Å². The van der Waals surface area contributed by atoms with Gasteiger partial charge in [0.1, 0.15) is 10.7 Å². The number of amides is 1. The van der Waals surface area contributed by atoms with Crippen molar-refractivity contribution in [2.24, 2.45) is 5.92 Å². The number of carbonyl (C=O) groups is 1. The van der Waals surface area contributed by atoms with E-state index in [4.69, 9.17) is 0 Å². The Kier molecular flexibility index (Phi) is 7.35. The number of H-pyrrole nitrogens is 1. The Labute approximate surface area is 168 Å². The minimum absolute atomic E-state index is 0.0267. The minimum atomic E-state index is -0.0267. The van der Waals surface area contributed by atoms with E-state index in [1.54, 1.807) is 11.3 Å². The molecule has 1 atom stereocenters. The van der Waals surface area contributed by atoms with E-state index in [9.17, 15) is 9.59 Å². The fourth-order valence-corrected chi connectivity index (χ4v) is 5.61. The van der Waals surface area contributed by atoms with Gasteiger partial charge >= 0.3 is 0 Å². The van der Waals surface area contributed by atoms with Crippen LogP contribution in [0.25, 0.3) is 10.2 Å². The van der Waals surface area contributed by atoms with Crippen LogP contribution in [0.5, 0.6) is 0 Å². The average molecular weight is 408 g/mol. The van der Waals surface area contributed by atoms with Gasteiger partial charge in [-0.1, -0.05) is 33.1 Å². The van der Waals surface area contributed by atoms with E-state index in [-0.39, 0.29) is 11.5 Å². The molecule has 0 bridgehead atoms. The molecule has 1 aliphatic rings. The van der Waals surface area contributed by atoms with Crippen LogP contribution in [0.3, 0.4) is 0 Å². The van der Waals surface area contributed by atoms with Crippen molar-refractivity contribution in [1.29, 1.82) is 0 Å².